The van der Waals surface area contributed by atoms with Crippen LogP contribution in [0.4, 0.5) is 0 Å². The second-order valence-corrected chi connectivity index (χ2v) is 6.36. The fraction of sp³-hybridized carbons (Fsp3) is 0.769. The molecule has 1 fully saturated rings. The first-order valence-electron chi connectivity index (χ1n) is 7.05. The summed E-state index contributed by atoms with van der Waals surface area (Å²) in [6.07, 6.45) is 3.12. The largest absolute Gasteiger partial charge is 0.368 e. The Bertz CT molecular complexity index is 485. The van der Waals surface area contributed by atoms with Gasteiger partial charge in [-0.1, -0.05) is 18.7 Å². The minimum atomic E-state index is -0.611. The molecule has 1 aromatic heterocycles. The first-order chi connectivity index (χ1) is 9.51. The van der Waals surface area contributed by atoms with Gasteiger partial charge < -0.3 is 15.6 Å². The summed E-state index contributed by atoms with van der Waals surface area (Å²) in [5.74, 6) is 1.58. The number of amides is 1. The van der Waals surface area contributed by atoms with Gasteiger partial charge in [0.2, 0.25) is 5.91 Å². The van der Waals surface area contributed by atoms with E-state index in [9.17, 15) is 4.79 Å². The molecule has 112 valence electrons. The molecule has 1 aliphatic rings. The number of nitrogens with zero attached hydrogens (tertiary/aromatic N) is 3. The van der Waals surface area contributed by atoms with Gasteiger partial charge >= 0.3 is 0 Å². The van der Waals surface area contributed by atoms with Gasteiger partial charge in [-0.25, -0.2) is 0 Å². The van der Waals surface area contributed by atoms with Gasteiger partial charge in [-0.05, 0) is 38.6 Å². The number of carbonyl (C=O) groups is 1. The van der Waals surface area contributed by atoms with Gasteiger partial charge in [0.05, 0.1) is 0 Å². The Hall–Kier alpha value is -1.08. The third-order valence-electron chi connectivity index (χ3n) is 3.89. The SMILES string of the molecule is CCCNC(CSc1nnc(C)n1C)(C(N)=O)C1CC1. The number of primary amides is 1. The first kappa shape index (κ1) is 15.3. The zero-order valence-corrected chi connectivity index (χ0v) is 13.2. The van der Waals surface area contributed by atoms with Gasteiger partial charge in [0.1, 0.15) is 11.4 Å². The van der Waals surface area contributed by atoms with Crippen LogP contribution in [-0.2, 0) is 11.8 Å². The fourth-order valence-electron chi connectivity index (χ4n) is 2.29. The standard InChI is InChI=1S/C13H23N5OS/c1-4-7-15-13(11(14)19,10-5-6-10)8-20-12-17-16-9(2)18(12)3/h10,15H,4-8H2,1-3H3,(H2,14,19). The van der Waals surface area contributed by atoms with Gasteiger partial charge in [-0.3, -0.25) is 4.79 Å². The average Bonchev–Trinajstić information content (AvgIpc) is 3.21. The summed E-state index contributed by atoms with van der Waals surface area (Å²) in [6.45, 7) is 4.80. The maximum atomic E-state index is 12.0. The lowest BCUT2D eigenvalue weighted by molar-refractivity contribution is -0.124. The molecule has 3 N–H and O–H groups in total. The number of hydrogen-bond donors (Lipinski definition) is 2. The van der Waals surface area contributed by atoms with E-state index in [1.807, 2.05) is 18.5 Å². The number of aromatic nitrogens is 3. The molecule has 2 rings (SSSR count). The van der Waals surface area contributed by atoms with Crippen molar-refractivity contribution < 1.29 is 4.79 Å². The smallest absolute Gasteiger partial charge is 0.238 e. The molecule has 0 bridgehead atoms. The normalized spacial score (nSPS) is 17.9. The molecule has 1 heterocycles. The minimum absolute atomic E-state index is 0.250. The van der Waals surface area contributed by atoms with Crippen molar-refractivity contribution in [1.82, 2.24) is 20.1 Å². The van der Waals surface area contributed by atoms with Crippen LogP contribution in [0.1, 0.15) is 32.0 Å². The summed E-state index contributed by atoms with van der Waals surface area (Å²) in [5.41, 5.74) is 5.09. The van der Waals surface area contributed by atoms with Crippen LogP contribution in [-0.4, -0.2) is 38.5 Å². The van der Waals surface area contributed by atoms with Gasteiger partial charge in [0, 0.05) is 12.8 Å². The third-order valence-corrected chi connectivity index (χ3v) is 5.10. The van der Waals surface area contributed by atoms with Crippen LogP contribution in [0.25, 0.3) is 0 Å². The minimum Gasteiger partial charge on any atom is -0.368 e. The van der Waals surface area contributed by atoms with Crippen LogP contribution in [0.5, 0.6) is 0 Å². The van der Waals surface area contributed by atoms with E-state index in [4.69, 9.17) is 5.73 Å². The highest BCUT2D eigenvalue weighted by atomic mass is 32.2. The van der Waals surface area contributed by atoms with E-state index in [1.54, 1.807) is 11.8 Å². The molecule has 6 nitrogen and oxygen atoms in total. The summed E-state index contributed by atoms with van der Waals surface area (Å²) < 4.78 is 1.93. The van der Waals surface area contributed by atoms with Gasteiger partial charge in [-0.15, -0.1) is 10.2 Å². The van der Waals surface area contributed by atoms with E-state index >= 15 is 0 Å². The number of aryl methyl sites for hydroxylation is 1. The Labute approximate surface area is 123 Å². The number of thioether (sulfide) groups is 1. The lowest BCUT2D eigenvalue weighted by atomic mass is 9.94. The molecule has 20 heavy (non-hydrogen) atoms. The molecule has 1 saturated carbocycles. The van der Waals surface area contributed by atoms with Crippen molar-refractivity contribution in [3.8, 4) is 0 Å². The van der Waals surface area contributed by atoms with Crippen molar-refractivity contribution in [3.05, 3.63) is 5.82 Å². The van der Waals surface area contributed by atoms with Crippen molar-refractivity contribution in [2.75, 3.05) is 12.3 Å². The molecule has 7 heteroatoms. The van der Waals surface area contributed by atoms with Crippen LogP contribution in [0.3, 0.4) is 0 Å². The van der Waals surface area contributed by atoms with Crippen molar-refractivity contribution in [2.24, 2.45) is 18.7 Å². The molecule has 1 atom stereocenters. The quantitative estimate of drug-likeness (QED) is 0.695. The highest BCUT2D eigenvalue weighted by Crippen LogP contribution is 2.42. The van der Waals surface area contributed by atoms with Crippen LogP contribution in [0, 0.1) is 12.8 Å². The summed E-state index contributed by atoms with van der Waals surface area (Å²) >= 11 is 1.55. The Balaban J connectivity index is 2.11. The second kappa shape index (κ2) is 6.13. The maximum absolute atomic E-state index is 12.0. The maximum Gasteiger partial charge on any atom is 0.238 e. The highest BCUT2D eigenvalue weighted by Gasteiger charge is 2.49. The van der Waals surface area contributed by atoms with E-state index < -0.39 is 5.54 Å². The van der Waals surface area contributed by atoms with Crippen LogP contribution in [0.2, 0.25) is 0 Å². The van der Waals surface area contributed by atoms with Crippen LogP contribution in [0.15, 0.2) is 5.16 Å². The number of hydrogen-bond acceptors (Lipinski definition) is 5. The molecule has 1 unspecified atom stereocenters. The number of carbonyl (C=O) groups excluding carboxylic acids is 1. The molecule has 0 spiro atoms. The Morgan fingerprint density at radius 3 is 2.70 bits per heavy atom. The molecule has 1 amide bonds. The molecular formula is C13H23N5OS. The molecule has 1 aliphatic carbocycles. The molecule has 0 saturated heterocycles. The fourth-order valence-corrected chi connectivity index (χ4v) is 3.55. The lowest BCUT2D eigenvalue weighted by Crippen LogP contribution is -2.59. The molecule has 0 radical (unpaired) electrons. The van der Waals surface area contributed by atoms with E-state index in [2.05, 4.69) is 22.4 Å². The van der Waals surface area contributed by atoms with E-state index in [0.29, 0.717) is 11.7 Å². The highest BCUT2D eigenvalue weighted by molar-refractivity contribution is 7.99. The summed E-state index contributed by atoms with van der Waals surface area (Å²) in [6, 6.07) is 0. The van der Waals surface area contributed by atoms with Gasteiger partial charge in [0.15, 0.2) is 5.16 Å². The van der Waals surface area contributed by atoms with Crippen molar-refractivity contribution in [3.63, 3.8) is 0 Å². The lowest BCUT2D eigenvalue weighted by Gasteiger charge is -2.31. The van der Waals surface area contributed by atoms with Crippen LogP contribution < -0.4 is 11.1 Å². The van der Waals surface area contributed by atoms with Crippen molar-refractivity contribution >= 4 is 17.7 Å². The van der Waals surface area contributed by atoms with Gasteiger partial charge in [-0.2, -0.15) is 0 Å². The Morgan fingerprint density at radius 1 is 1.55 bits per heavy atom. The summed E-state index contributed by atoms with van der Waals surface area (Å²) in [5, 5.41) is 12.4. The number of nitrogens with two attached hydrogens (primary N) is 1. The first-order valence-corrected chi connectivity index (χ1v) is 8.03. The summed E-state index contributed by atoms with van der Waals surface area (Å²) in [4.78, 5) is 12.0. The molecule has 0 aliphatic heterocycles. The van der Waals surface area contributed by atoms with E-state index in [0.717, 1.165) is 36.8 Å². The second-order valence-electron chi connectivity index (χ2n) is 5.41. The van der Waals surface area contributed by atoms with Crippen molar-refractivity contribution in [1.29, 1.82) is 0 Å². The Morgan fingerprint density at radius 2 is 2.25 bits per heavy atom. The third kappa shape index (κ3) is 2.98. The summed E-state index contributed by atoms with van der Waals surface area (Å²) in [7, 11) is 1.93. The zero-order chi connectivity index (χ0) is 14.8. The van der Waals surface area contributed by atoms with Crippen LogP contribution >= 0.6 is 11.8 Å². The zero-order valence-electron chi connectivity index (χ0n) is 12.3. The molecule has 1 aromatic rings. The van der Waals surface area contributed by atoms with E-state index in [1.165, 1.54) is 0 Å². The number of nitrogens with one attached hydrogen (secondary N) is 1. The molecular weight excluding hydrogens is 274 g/mol. The van der Waals surface area contributed by atoms with Crippen molar-refractivity contribution in [2.45, 2.75) is 43.8 Å². The van der Waals surface area contributed by atoms with E-state index in [-0.39, 0.29) is 5.91 Å². The average molecular weight is 297 g/mol. The Kier molecular flexibility index (Phi) is 4.70. The monoisotopic (exact) mass is 297 g/mol. The predicted molar refractivity (Wildman–Crippen MR) is 79.4 cm³/mol. The molecule has 0 aromatic carbocycles. The number of rotatable bonds is 8. The predicted octanol–water partition coefficient (Wildman–Crippen LogP) is 0.849. The van der Waals surface area contributed by atoms with Gasteiger partial charge in [0.25, 0.3) is 0 Å². The topological polar surface area (TPSA) is 85.8 Å².